The van der Waals surface area contributed by atoms with Gasteiger partial charge < -0.3 is 0 Å². The molecule has 10 rings (SSSR count). The smallest absolute Gasteiger partial charge is 0.160 e. The second-order valence-corrected chi connectivity index (χ2v) is 14.5. The molecule has 0 bridgehead atoms. The SMILES string of the molecule is c1ccc(-c2ccc(-c3nc(-c4ccccc4)cc(-c4ccc(-c5ccc(-c6cccnc6-c6cc(-c7ccccc7)cc(-c7ccccn7)n6)cc5)cc4)n3)cc2)cc1. The molecule has 5 nitrogen and oxygen atoms in total. The maximum Gasteiger partial charge on any atom is 0.160 e. The van der Waals surface area contributed by atoms with E-state index in [1.807, 2.05) is 60.8 Å². The second kappa shape index (κ2) is 16.4. The van der Waals surface area contributed by atoms with E-state index in [1.165, 1.54) is 5.56 Å². The summed E-state index contributed by atoms with van der Waals surface area (Å²) in [7, 11) is 0. The standard InChI is InChI=1S/C55H37N5/c1-4-13-38(14-5-1)40-25-31-46(32-26-40)55-59-50(44-17-8-3-9-18-44)37-51(60-55)45-29-23-42(24-30-45)41-21-27-43(28-22-41)48-19-12-34-57-54(48)53-36-47(39-15-6-2-7-16-39)35-52(58-53)49-20-10-11-33-56-49/h1-37H. The van der Waals surface area contributed by atoms with Crippen molar-refractivity contribution in [2.24, 2.45) is 0 Å². The first-order valence-corrected chi connectivity index (χ1v) is 20.0. The fourth-order valence-corrected chi connectivity index (χ4v) is 7.54. The lowest BCUT2D eigenvalue weighted by molar-refractivity contribution is 1.18. The molecular weight excluding hydrogens is 731 g/mol. The highest BCUT2D eigenvalue weighted by Gasteiger charge is 2.16. The number of aromatic nitrogens is 5. The molecule has 5 heteroatoms. The Bertz CT molecular complexity index is 2970. The van der Waals surface area contributed by atoms with E-state index in [9.17, 15) is 0 Å². The van der Waals surface area contributed by atoms with Crippen LogP contribution in [-0.4, -0.2) is 24.9 Å². The molecule has 60 heavy (non-hydrogen) atoms. The summed E-state index contributed by atoms with van der Waals surface area (Å²) in [5.41, 5.74) is 16.8. The molecule has 0 aliphatic rings. The van der Waals surface area contributed by atoms with E-state index in [-0.39, 0.29) is 0 Å². The normalized spacial score (nSPS) is 11.0. The number of hydrogen-bond donors (Lipinski definition) is 0. The van der Waals surface area contributed by atoms with Crippen LogP contribution in [0.25, 0.3) is 101 Å². The average Bonchev–Trinajstić information content (AvgIpc) is 3.35. The molecule has 0 radical (unpaired) electrons. The maximum absolute atomic E-state index is 5.11. The van der Waals surface area contributed by atoms with Crippen molar-refractivity contribution in [2.45, 2.75) is 0 Å². The summed E-state index contributed by atoms with van der Waals surface area (Å²) < 4.78 is 0. The van der Waals surface area contributed by atoms with E-state index in [0.717, 1.165) is 89.8 Å². The molecule has 0 spiro atoms. The van der Waals surface area contributed by atoms with Crippen molar-refractivity contribution in [1.82, 2.24) is 24.9 Å². The lowest BCUT2D eigenvalue weighted by Gasteiger charge is -2.13. The number of pyridine rings is 3. The minimum absolute atomic E-state index is 0.690. The van der Waals surface area contributed by atoms with Gasteiger partial charge in [-0.1, -0.05) is 176 Å². The Morgan fingerprint density at radius 2 is 0.683 bits per heavy atom. The van der Waals surface area contributed by atoms with Crippen LogP contribution in [0.5, 0.6) is 0 Å². The molecule has 0 N–H and O–H groups in total. The molecular formula is C55H37N5. The molecule has 4 aromatic heterocycles. The van der Waals surface area contributed by atoms with E-state index >= 15 is 0 Å². The van der Waals surface area contributed by atoms with E-state index in [4.69, 9.17) is 19.9 Å². The van der Waals surface area contributed by atoms with Crippen molar-refractivity contribution in [3.8, 4) is 101 Å². The largest absolute Gasteiger partial charge is 0.255 e. The highest BCUT2D eigenvalue weighted by molar-refractivity contribution is 5.84. The lowest BCUT2D eigenvalue weighted by Crippen LogP contribution is -1.96. The van der Waals surface area contributed by atoms with Crippen molar-refractivity contribution in [1.29, 1.82) is 0 Å². The van der Waals surface area contributed by atoms with Crippen molar-refractivity contribution in [2.75, 3.05) is 0 Å². The predicted octanol–water partition coefficient (Wildman–Crippen LogP) is 13.7. The summed E-state index contributed by atoms with van der Waals surface area (Å²) >= 11 is 0. The topological polar surface area (TPSA) is 64.5 Å². The van der Waals surface area contributed by atoms with Crippen LogP contribution >= 0.6 is 0 Å². The molecule has 282 valence electrons. The van der Waals surface area contributed by atoms with Crippen LogP contribution in [0.1, 0.15) is 0 Å². The van der Waals surface area contributed by atoms with Crippen LogP contribution in [0.2, 0.25) is 0 Å². The Labute approximate surface area is 349 Å². The molecule has 6 aromatic carbocycles. The first-order valence-electron chi connectivity index (χ1n) is 20.0. The second-order valence-electron chi connectivity index (χ2n) is 14.5. The molecule has 0 aliphatic heterocycles. The monoisotopic (exact) mass is 767 g/mol. The quantitative estimate of drug-likeness (QED) is 0.146. The number of rotatable bonds is 9. The van der Waals surface area contributed by atoms with Crippen LogP contribution < -0.4 is 0 Å². The third-order valence-corrected chi connectivity index (χ3v) is 10.7. The van der Waals surface area contributed by atoms with Gasteiger partial charge in [-0.25, -0.2) is 15.0 Å². The zero-order valence-corrected chi connectivity index (χ0v) is 32.6. The maximum atomic E-state index is 5.11. The Morgan fingerprint density at radius 1 is 0.233 bits per heavy atom. The van der Waals surface area contributed by atoms with Crippen molar-refractivity contribution < 1.29 is 0 Å². The van der Waals surface area contributed by atoms with Gasteiger partial charge in [-0.3, -0.25) is 9.97 Å². The van der Waals surface area contributed by atoms with Crippen LogP contribution in [-0.2, 0) is 0 Å². The van der Waals surface area contributed by atoms with Gasteiger partial charge in [0, 0.05) is 34.6 Å². The molecule has 0 fully saturated rings. The van der Waals surface area contributed by atoms with Gasteiger partial charge in [0.15, 0.2) is 5.82 Å². The number of benzene rings is 6. The molecule has 4 heterocycles. The van der Waals surface area contributed by atoms with E-state index in [0.29, 0.717) is 5.82 Å². The van der Waals surface area contributed by atoms with Crippen LogP contribution in [0.3, 0.4) is 0 Å². The summed E-state index contributed by atoms with van der Waals surface area (Å²) in [4.78, 5) is 24.8. The highest BCUT2D eigenvalue weighted by atomic mass is 14.9. The van der Waals surface area contributed by atoms with Gasteiger partial charge in [0.1, 0.15) is 0 Å². The number of hydrogen-bond acceptors (Lipinski definition) is 5. The summed E-state index contributed by atoms with van der Waals surface area (Å²) in [5.74, 6) is 0.690. The van der Waals surface area contributed by atoms with Gasteiger partial charge in [0.05, 0.1) is 34.2 Å². The van der Waals surface area contributed by atoms with Crippen molar-refractivity contribution >= 4 is 0 Å². The summed E-state index contributed by atoms with van der Waals surface area (Å²) in [6.07, 6.45) is 3.63. The summed E-state index contributed by atoms with van der Waals surface area (Å²) in [6.45, 7) is 0. The average molecular weight is 768 g/mol. The molecule has 0 atom stereocenters. The Kier molecular flexibility index (Phi) is 9.88. The van der Waals surface area contributed by atoms with Crippen LogP contribution in [0.15, 0.2) is 225 Å². The Morgan fingerprint density at radius 3 is 1.27 bits per heavy atom. The first kappa shape index (κ1) is 36.2. The van der Waals surface area contributed by atoms with E-state index < -0.39 is 0 Å². The molecule has 0 saturated heterocycles. The first-order chi connectivity index (χ1) is 29.7. The van der Waals surface area contributed by atoms with Gasteiger partial charge in [-0.15, -0.1) is 0 Å². The van der Waals surface area contributed by atoms with Gasteiger partial charge in [-0.2, -0.15) is 0 Å². The molecule has 0 unspecified atom stereocenters. The fraction of sp³-hybridized carbons (Fsp3) is 0. The Hall–Kier alpha value is -8.15. The predicted molar refractivity (Wildman–Crippen MR) is 244 cm³/mol. The summed E-state index contributed by atoms with van der Waals surface area (Å²) in [5, 5.41) is 0. The fourth-order valence-electron chi connectivity index (χ4n) is 7.54. The minimum Gasteiger partial charge on any atom is -0.255 e. The molecule has 0 saturated carbocycles. The van der Waals surface area contributed by atoms with E-state index in [1.54, 1.807) is 6.20 Å². The molecule has 10 aromatic rings. The summed E-state index contributed by atoms with van der Waals surface area (Å²) in [6, 6.07) is 73.1. The van der Waals surface area contributed by atoms with Crippen molar-refractivity contribution in [3.05, 3.63) is 225 Å². The van der Waals surface area contributed by atoms with Crippen molar-refractivity contribution in [3.63, 3.8) is 0 Å². The lowest BCUT2D eigenvalue weighted by atomic mass is 9.96. The molecule has 0 aliphatic carbocycles. The highest BCUT2D eigenvalue weighted by Crippen LogP contribution is 2.36. The molecule has 0 amide bonds. The zero-order valence-electron chi connectivity index (χ0n) is 32.6. The van der Waals surface area contributed by atoms with Gasteiger partial charge in [0.2, 0.25) is 0 Å². The van der Waals surface area contributed by atoms with E-state index in [2.05, 4.69) is 163 Å². The van der Waals surface area contributed by atoms with Crippen LogP contribution in [0.4, 0.5) is 0 Å². The minimum atomic E-state index is 0.690. The van der Waals surface area contributed by atoms with Gasteiger partial charge >= 0.3 is 0 Å². The number of nitrogens with zero attached hydrogens (tertiary/aromatic N) is 5. The van der Waals surface area contributed by atoms with Crippen LogP contribution in [0, 0.1) is 0 Å². The van der Waals surface area contributed by atoms with Gasteiger partial charge in [-0.05, 0) is 75.3 Å². The zero-order chi connectivity index (χ0) is 40.1. The third kappa shape index (κ3) is 7.63. The van der Waals surface area contributed by atoms with Gasteiger partial charge in [0.25, 0.3) is 0 Å². The third-order valence-electron chi connectivity index (χ3n) is 10.7. The Balaban J connectivity index is 0.956.